The second-order valence-corrected chi connectivity index (χ2v) is 14.9. The SMILES string of the molecule is CCCCn1cc(-c2ccc(O[C@H]3CCN(CC4CCN(C(=O)COc5ccc(C)c(N6C=CCNC6)c5)CC4)C[C@@H]3F)c(OC)c2)c2ccncc2c1=O. The summed E-state index contributed by atoms with van der Waals surface area (Å²) in [5.74, 6) is 2.09. The molecule has 1 N–H and O–H groups in total. The number of ether oxygens (including phenoxy) is 3. The molecule has 0 bridgehead atoms. The maximum Gasteiger partial charge on any atom is 0.260 e. The van der Waals surface area contributed by atoms with Crippen LogP contribution in [0.15, 0.2) is 78.1 Å². The fraction of sp³-hybridized carbons (Fsp3) is 0.465. The molecule has 2 aromatic heterocycles. The van der Waals surface area contributed by atoms with E-state index in [2.05, 4.69) is 46.2 Å². The van der Waals surface area contributed by atoms with Gasteiger partial charge in [-0.05, 0) is 79.3 Å². The van der Waals surface area contributed by atoms with Gasteiger partial charge in [-0.1, -0.05) is 31.6 Å². The van der Waals surface area contributed by atoms with Crippen LogP contribution in [0.5, 0.6) is 17.2 Å². The first-order chi connectivity index (χ1) is 26.8. The fourth-order valence-electron chi connectivity index (χ4n) is 7.92. The van der Waals surface area contributed by atoms with Gasteiger partial charge in [0.25, 0.3) is 11.5 Å². The summed E-state index contributed by atoms with van der Waals surface area (Å²) in [6, 6.07) is 13.5. The number of unbranched alkanes of at least 4 members (excludes halogenated alkanes) is 1. The molecule has 2 saturated heterocycles. The zero-order chi connectivity index (χ0) is 38.3. The van der Waals surface area contributed by atoms with Crippen LogP contribution in [0.2, 0.25) is 0 Å². The van der Waals surface area contributed by atoms with Gasteiger partial charge in [0, 0.05) is 87.9 Å². The summed E-state index contributed by atoms with van der Waals surface area (Å²) in [7, 11) is 1.59. The number of alkyl halides is 1. The number of fused-ring (bicyclic) bond motifs is 1. The van der Waals surface area contributed by atoms with Crippen LogP contribution >= 0.6 is 0 Å². The van der Waals surface area contributed by atoms with Crippen LogP contribution in [0.3, 0.4) is 0 Å². The summed E-state index contributed by atoms with van der Waals surface area (Å²) in [6.07, 6.45) is 11.8. The van der Waals surface area contributed by atoms with E-state index >= 15 is 4.39 Å². The van der Waals surface area contributed by atoms with Crippen molar-refractivity contribution in [1.29, 1.82) is 0 Å². The molecule has 0 spiro atoms. The lowest BCUT2D eigenvalue weighted by molar-refractivity contribution is -0.134. The highest BCUT2D eigenvalue weighted by Crippen LogP contribution is 2.37. The topological polar surface area (TPSA) is 101 Å². The van der Waals surface area contributed by atoms with Crippen molar-refractivity contribution in [2.75, 3.05) is 64.6 Å². The third kappa shape index (κ3) is 8.97. The van der Waals surface area contributed by atoms with E-state index in [-0.39, 0.29) is 18.1 Å². The predicted molar refractivity (Wildman–Crippen MR) is 214 cm³/mol. The number of nitrogens with zero attached hydrogens (tertiary/aromatic N) is 5. The van der Waals surface area contributed by atoms with E-state index in [0.717, 1.165) is 79.8 Å². The van der Waals surface area contributed by atoms with Crippen LogP contribution in [-0.2, 0) is 11.3 Å². The second-order valence-electron chi connectivity index (χ2n) is 14.9. The molecule has 292 valence electrons. The minimum atomic E-state index is -1.15. The first kappa shape index (κ1) is 38.3. The number of hydrogen-bond donors (Lipinski definition) is 1. The number of carbonyl (C=O) groups excluding carboxylic acids is 1. The van der Waals surface area contributed by atoms with Crippen LogP contribution in [0.25, 0.3) is 21.9 Å². The van der Waals surface area contributed by atoms with Crippen LogP contribution in [0.1, 0.15) is 44.6 Å². The molecule has 5 heterocycles. The summed E-state index contributed by atoms with van der Waals surface area (Å²) in [5, 5.41) is 4.73. The molecule has 2 atom stereocenters. The molecule has 11 nitrogen and oxygen atoms in total. The Kier molecular flexibility index (Phi) is 12.3. The van der Waals surface area contributed by atoms with Gasteiger partial charge in [-0.15, -0.1) is 0 Å². The summed E-state index contributed by atoms with van der Waals surface area (Å²) in [6.45, 7) is 9.59. The van der Waals surface area contributed by atoms with Crippen molar-refractivity contribution in [3.8, 4) is 28.4 Å². The third-order valence-corrected chi connectivity index (χ3v) is 11.1. The number of rotatable bonds is 13. The van der Waals surface area contributed by atoms with Gasteiger partial charge in [0.2, 0.25) is 0 Å². The zero-order valence-electron chi connectivity index (χ0n) is 32.2. The number of carbonyl (C=O) groups is 1. The number of benzene rings is 2. The molecule has 4 aromatic rings. The molecule has 0 unspecified atom stereocenters. The van der Waals surface area contributed by atoms with E-state index in [1.165, 1.54) is 0 Å². The number of halogens is 1. The lowest BCUT2D eigenvalue weighted by atomic mass is 9.94. The number of aromatic nitrogens is 2. The highest BCUT2D eigenvalue weighted by Gasteiger charge is 2.33. The maximum absolute atomic E-state index is 15.7. The first-order valence-corrected chi connectivity index (χ1v) is 19.6. The van der Waals surface area contributed by atoms with E-state index in [0.29, 0.717) is 61.2 Å². The Morgan fingerprint density at radius 1 is 1.04 bits per heavy atom. The molecule has 3 aliphatic rings. The summed E-state index contributed by atoms with van der Waals surface area (Å²) < 4.78 is 35.4. The molecule has 0 saturated carbocycles. The monoisotopic (exact) mass is 752 g/mol. The predicted octanol–water partition coefficient (Wildman–Crippen LogP) is 6.17. The van der Waals surface area contributed by atoms with Crippen molar-refractivity contribution < 1.29 is 23.4 Å². The molecule has 3 aliphatic heterocycles. The van der Waals surface area contributed by atoms with Gasteiger partial charge in [-0.25, -0.2) is 4.39 Å². The van der Waals surface area contributed by atoms with Crippen LogP contribution in [0.4, 0.5) is 10.1 Å². The Bertz CT molecular complexity index is 2050. The molecule has 1 amide bonds. The van der Waals surface area contributed by atoms with Gasteiger partial charge in [0.05, 0.1) is 19.2 Å². The van der Waals surface area contributed by atoms with Gasteiger partial charge >= 0.3 is 0 Å². The smallest absolute Gasteiger partial charge is 0.260 e. The minimum absolute atomic E-state index is 0.00742. The van der Waals surface area contributed by atoms with E-state index in [4.69, 9.17) is 14.2 Å². The first-order valence-electron chi connectivity index (χ1n) is 19.6. The lowest BCUT2D eigenvalue weighted by Gasteiger charge is -2.39. The molecule has 2 aromatic carbocycles. The molecule has 0 radical (unpaired) electrons. The number of aryl methyl sites for hydroxylation is 2. The largest absolute Gasteiger partial charge is 0.493 e. The Morgan fingerprint density at radius 2 is 1.89 bits per heavy atom. The number of nitrogens with one attached hydrogen (secondary N) is 1. The van der Waals surface area contributed by atoms with Gasteiger partial charge in [-0.2, -0.15) is 0 Å². The number of piperidine rings is 2. The number of amides is 1. The fourth-order valence-corrected chi connectivity index (χ4v) is 7.92. The maximum atomic E-state index is 15.7. The molecular formula is C43H53FN6O5. The van der Waals surface area contributed by atoms with Crippen LogP contribution in [-0.4, -0.2) is 97.2 Å². The van der Waals surface area contributed by atoms with Gasteiger partial charge in [0.1, 0.15) is 18.0 Å². The molecule has 12 heteroatoms. The van der Waals surface area contributed by atoms with Gasteiger partial charge in [0.15, 0.2) is 18.1 Å². The standard InChI is InChI=1S/C43H53FN6O5/c1-4-5-17-49-26-36(34-11-16-45-24-35(34)43(49)52)32-8-10-40(41(22-32)53-3)55-39-14-19-47(27-37(39)44)25-31-12-20-48(21-13-31)42(51)28-54-33-9-7-30(2)38(23-33)50-18-6-15-46-29-50/h6-11,16,18,22-24,26,31,37,39,46H,4-5,12-15,17,19-21,25,27-29H2,1-3H3/t37-,39-/m0/s1. The number of methoxy groups -OCH3 is 1. The average Bonchev–Trinajstić information content (AvgIpc) is 3.22. The van der Waals surface area contributed by atoms with Crippen molar-refractivity contribution in [3.63, 3.8) is 0 Å². The quantitative estimate of drug-likeness (QED) is 0.172. The van der Waals surface area contributed by atoms with E-state index in [9.17, 15) is 9.59 Å². The minimum Gasteiger partial charge on any atom is -0.493 e. The van der Waals surface area contributed by atoms with Crippen molar-refractivity contribution in [2.45, 2.75) is 64.8 Å². The number of anilines is 1. The highest BCUT2D eigenvalue weighted by atomic mass is 19.1. The van der Waals surface area contributed by atoms with Gasteiger partial charge in [-0.3, -0.25) is 24.8 Å². The summed E-state index contributed by atoms with van der Waals surface area (Å²) in [5.41, 5.74) is 3.93. The second kappa shape index (κ2) is 17.7. The Morgan fingerprint density at radius 3 is 2.65 bits per heavy atom. The summed E-state index contributed by atoms with van der Waals surface area (Å²) in [4.78, 5) is 36.7. The molecule has 7 rings (SSSR count). The lowest BCUT2D eigenvalue weighted by Crippen LogP contribution is -2.49. The number of pyridine rings is 2. The Hall–Kier alpha value is -4.94. The highest BCUT2D eigenvalue weighted by molar-refractivity contribution is 5.95. The number of hydrogen-bond acceptors (Lipinski definition) is 9. The van der Waals surface area contributed by atoms with Crippen molar-refractivity contribution in [2.24, 2.45) is 5.92 Å². The third-order valence-electron chi connectivity index (χ3n) is 11.1. The summed E-state index contributed by atoms with van der Waals surface area (Å²) >= 11 is 0. The normalized spacial score (nSPS) is 19.5. The van der Waals surface area contributed by atoms with Crippen molar-refractivity contribution in [3.05, 3.63) is 89.2 Å². The molecule has 55 heavy (non-hydrogen) atoms. The van der Waals surface area contributed by atoms with Crippen LogP contribution < -0.4 is 30.0 Å². The van der Waals surface area contributed by atoms with E-state index in [1.54, 1.807) is 24.1 Å². The van der Waals surface area contributed by atoms with E-state index < -0.39 is 12.3 Å². The Labute approximate surface area is 322 Å². The Balaban J connectivity index is 0.898. The number of likely N-dealkylation sites (tertiary alicyclic amines) is 2. The van der Waals surface area contributed by atoms with Crippen LogP contribution in [0, 0.1) is 12.8 Å². The molecule has 2 fully saturated rings. The average molecular weight is 753 g/mol. The van der Waals surface area contributed by atoms with Crippen molar-refractivity contribution in [1.82, 2.24) is 24.7 Å². The molecular weight excluding hydrogens is 700 g/mol. The molecule has 0 aliphatic carbocycles. The van der Waals surface area contributed by atoms with E-state index in [1.807, 2.05) is 53.6 Å². The zero-order valence-corrected chi connectivity index (χ0v) is 32.2. The van der Waals surface area contributed by atoms with Crippen molar-refractivity contribution >= 4 is 22.4 Å². The van der Waals surface area contributed by atoms with Gasteiger partial charge < -0.3 is 28.6 Å².